The number of hydrogen-bond acceptors (Lipinski definition) is 4. The highest BCUT2D eigenvalue weighted by Gasteiger charge is 2.22. The summed E-state index contributed by atoms with van der Waals surface area (Å²) in [6, 6.07) is 25.5. The highest BCUT2D eigenvalue weighted by molar-refractivity contribution is 8.13. The lowest BCUT2D eigenvalue weighted by Gasteiger charge is -2.19. The number of amides is 2. The lowest BCUT2D eigenvalue weighted by atomic mass is 10.2. The number of carbonyl (C=O) groups excluding carboxylic acids is 2. The minimum atomic E-state index is -3.85. The Kier molecular flexibility index (Phi) is 7.49. The van der Waals surface area contributed by atoms with Crippen LogP contribution in [0.4, 0.5) is 5.69 Å². The Balaban J connectivity index is 0.000000397. The van der Waals surface area contributed by atoms with Crippen LogP contribution >= 0.6 is 10.7 Å². The van der Waals surface area contributed by atoms with Gasteiger partial charge in [0.05, 0.1) is 10.6 Å². The fourth-order valence-electron chi connectivity index (χ4n) is 2.29. The number of anilines is 1. The number of halogens is 1. The highest BCUT2D eigenvalue weighted by atomic mass is 35.7. The van der Waals surface area contributed by atoms with E-state index >= 15 is 0 Å². The molecule has 5 nitrogen and oxygen atoms in total. The normalized spacial score (nSPS) is 10.4. The van der Waals surface area contributed by atoms with Crippen LogP contribution in [0.15, 0.2) is 95.9 Å². The first-order valence-electron chi connectivity index (χ1n) is 8.25. The summed E-state index contributed by atoms with van der Waals surface area (Å²) in [5.74, 6) is -0.968. The van der Waals surface area contributed by atoms with Crippen molar-refractivity contribution in [2.45, 2.75) is 11.8 Å². The quantitative estimate of drug-likeness (QED) is 0.590. The van der Waals surface area contributed by atoms with E-state index in [-0.39, 0.29) is 10.6 Å². The average Bonchev–Trinajstić information content (AvgIpc) is 2.70. The molecule has 28 heavy (non-hydrogen) atoms. The van der Waals surface area contributed by atoms with Gasteiger partial charge < -0.3 is 0 Å². The van der Waals surface area contributed by atoms with Crippen LogP contribution in [-0.2, 0) is 13.8 Å². The summed E-state index contributed by atoms with van der Waals surface area (Å²) in [5.41, 5.74) is 0.622. The molecule has 0 atom stereocenters. The molecule has 0 heterocycles. The van der Waals surface area contributed by atoms with Crippen molar-refractivity contribution in [1.82, 2.24) is 0 Å². The number of nitrogens with zero attached hydrogens (tertiary/aromatic N) is 1. The van der Waals surface area contributed by atoms with Gasteiger partial charge in [-0.15, -0.1) is 0 Å². The second-order valence-corrected chi connectivity index (χ2v) is 8.18. The van der Waals surface area contributed by atoms with E-state index in [1.807, 2.05) is 36.4 Å². The molecule has 0 aliphatic carbocycles. The van der Waals surface area contributed by atoms with Gasteiger partial charge in [-0.1, -0.05) is 54.6 Å². The fraction of sp³-hybridized carbons (Fsp3) is 0.0476. The molecule has 3 rings (SSSR count). The van der Waals surface area contributed by atoms with Crippen LogP contribution in [-0.4, -0.2) is 20.2 Å². The van der Waals surface area contributed by atoms with Gasteiger partial charge in [-0.25, -0.2) is 13.3 Å². The zero-order valence-electron chi connectivity index (χ0n) is 15.0. The van der Waals surface area contributed by atoms with Crippen molar-refractivity contribution in [3.8, 4) is 0 Å². The molecule has 0 saturated carbocycles. The van der Waals surface area contributed by atoms with Gasteiger partial charge in [-0.05, 0) is 36.4 Å². The van der Waals surface area contributed by atoms with Crippen LogP contribution in [0.25, 0.3) is 0 Å². The predicted molar refractivity (Wildman–Crippen MR) is 110 cm³/mol. The Morgan fingerprint density at radius 1 is 0.750 bits per heavy atom. The first-order valence-corrected chi connectivity index (χ1v) is 10.6. The zero-order valence-corrected chi connectivity index (χ0v) is 16.6. The van der Waals surface area contributed by atoms with Crippen LogP contribution in [0, 0.1) is 0 Å². The van der Waals surface area contributed by atoms with Crippen molar-refractivity contribution in [2.75, 3.05) is 4.90 Å². The summed E-state index contributed by atoms with van der Waals surface area (Å²) in [7, 11) is 1.38. The lowest BCUT2D eigenvalue weighted by molar-refractivity contribution is -0.115. The molecule has 0 aromatic heterocycles. The van der Waals surface area contributed by atoms with Crippen molar-refractivity contribution >= 4 is 37.2 Å². The Hall–Kier alpha value is -2.96. The summed E-state index contributed by atoms with van der Waals surface area (Å²) in [4.78, 5) is 25.1. The minimum absolute atomic E-state index is 0.103. The van der Waals surface area contributed by atoms with Gasteiger partial charge in [-0.3, -0.25) is 9.59 Å². The largest absolute Gasteiger partial charge is 0.274 e. The smallest absolute Gasteiger partial charge is 0.265 e. The monoisotopic (exact) mass is 415 g/mol. The molecular formula is C21H18ClNO4S. The molecule has 0 aliphatic rings. The standard InChI is InChI=1S/C15H12ClNO4S.C6H6/c1-11(18)17(15(19)12-5-3-2-4-6-12)13-7-9-14(10-8-13)22(16,20)21;1-2-4-6-5-3-1/h2-10H,1H3;1-6H. The van der Waals surface area contributed by atoms with E-state index in [0.717, 1.165) is 4.90 Å². The molecular weight excluding hydrogens is 398 g/mol. The van der Waals surface area contributed by atoms with Gasteiger partial charge in [0.15, 0.2) is 0 Å². The van der Waals surface area contributed by atoms with Crippen molar-refractivity contribution in [2.24, 2.45) is 0 Å². The molecule has 0 saturated heterocycles. The third kappa shape index (κ3) is 6.04. The van der Waals surface area contributed by atoms with Crippen molar-refractivity contribution in [1.29, 1.82) is 0 Å². The molecule has 0 spiro atoms. The summed E-state index contributed by atoms with van der Waals surface area (Å²) in [6.07, 6.45) is 0. The lowest BCUT2D eigenvalue weighted by Crippen LogP contribution is -2.35. The van der Waals surface area contributed by atoms with E-state index in [9.17, 15) is 18.0 Å². The van der Waals surface area contributed by atoms with E-state index < -0.39 is 20.9 Å². The number of benzene rings is 3. The van der Waals surface area contributed by atoms with Crippen molar-refractivity contribution in [3.05, 3.63) is 96.6 Å². The van der Waals surface area contributed by atoms with Gasteiger partial charge in [0.1, 0.15) is 0 Å². The van der Waals surface area contributed by atoms with Crippen LogP contribution in [0.2, 0.25) is 0 Å². The van der Waals surface area contributed by atoms with E-state index in [0.29, 0.717) is 5.56 Å². The SMILES string of the molecule is CC(=O)N(C(=O)c1ccccc1)c1ccc(S(=O)(=O)Cl)cc1.c1ccccc1. The van der Waals surface area contributed by atoms with Gasteiger partial charge in [-0.2, -0.15) is 0 Å². The molecule has 3 aromatic carbocycles. The molecule has 2 amide bonds. The first kappa shape index (κ1) is 21.3. The molecule has 0 radical (unpaired) electrons. The maximum absolute atomic E-state index is 12.4. The maximum atomic E-state index is 12.4. The Morgan fingerprint density at radius 2 is 1.18 bits per heavy atom. The molecule has 7 heteroatoms. The highest BCUT2D eigenvalue weighted by Crippen LogP contribution is 2.22. The van der Waals surface area contributed by atoms with Crippen LogP contribution in [0.3, 0.4) is 0 Å². The second-order valence-electron chi connectivity index (χ2n) is 5.61. The Morgan fingerprint density at radius 3 is 1.57 bits per heavy atom. The molecule has 0 N–H and O–H groups in total. The number of carbonyl (C=O) groups is 2. The van der Waals surface area contributed by atoms with E-state index in [1.54, 1.807) is 30.3 Å². The van der Waals surface area contributed by atoms with Crippen molar-refractivity contribution < 1.29 is 18.0 Å². The Labute approximate surface area is 168 Å². The van der Waals surface area contributed by atoms with E-state index in [1.165, 1.54) is 31.2 Å². The zero-order chi connectivity index (χ0) is 20.6. The van der Waals surface area contributed by atoms with Gasteiger partial charge >= 0.3 is 0 Å². The second kappa shape index (κ2) is 9.82. The summed E-state index contributed by atoms with van der Waals surface area (Å²) in [6.45, 7) is 1.26. The molecule has 0 aliphatic heterocycles. The summed E-state index contributed by atoms with van der Waals surface area (Å²) >= 11 is 0. The van der Waals surface area contributed by atoms with Gasteiger partial charge in [0, 0.05) is 23.2 Å². The summed E-state index contributed by atoms with van der Waals surface area (Å²) in [5, 5.41) is 0. The van der Waals surface area contributed by atoms with Gasteiger partial charge in [0.2, 0.25) is 5.91 Å². The minimum Gasteiger partial charge on any atom is -0.274 e. The Bertz CT molecular complexity index is 994. The third-order valence-corrected chi connectivity index (χ3v) is 4.95. The first-order chi connectivity index (χ1) is 13.3. The topological polar surface area (TPSA) is 71.5 Å². The van der Waals surface area contributed by atoms with Gasteiger partial charge in [0.25, 0.3) is 15.0 Å². The van der Waals surface area contributed by atoms with Crippen molar-refractivity contribution in [3.63, 3.8) is 0 Å². The van der Waals surface area contributed by atoms with E-state index in [4.69, 9.17) is 10.7 Å². The predicted octanol–water partition coefficient (Wildman–Crippen LogP) is 4.49. The van der Waals surface area contributed by atoms with Crippen LogP contribution < -0.4 is 4.90 Å². The molecule has 3 aromatic rings. The number of imide groups is 1. The molecule has 0 bridgehead atoms. The van der Waals surface area contributed by atoms with E-state index in [2.05, 4.69) is 0 Å². The number of hydrogen-bond donors (Lipinski definition) is 0. The van der Waals surface area contributed by atoms with Crippen LogP contribution in [0.5, 0.6) is 0 Å². The number of rotatable bonds is 3. The van der Waals surface area contributed by atoms with Crippen LogP contribution in [0.1, 0.15) is 17.3 Å². The molecule has 144 valence electrons. The summed E-state index contributed by atoms with van der Waals surface area (Å²) < 4.78 is 22.4. The maximum Gasteiger partial charge on any atom is 0.265 e. The third-order valence-electron chi connectivity index (χ3n) is 3.58. The molecule has 0 fully saturated rings. The average molecular weight is 416 g/mol. The molecule has 0 unspecified atom stereocenters. The fourth-order valence-corrected chi connectivity index (χ4v) is 3.06.